The first-order valence-corrected chi connectivity index (χ1v) is 7.00. The lowest BCUT2D eigenvalue weighted by atomic mass is 9.85. The van der Waals surface area contributed by atoms with Gasteiger partial charge in [0.25, 0.3) is 0 Å². The summed E-state index contributed by atoms with van der Waals surface area (Å²) in [6, 6.07) is 7.34. The van der Waals surface area contributed by atoms with Gasteiger partial charge in [0.2, 0.25) is 0 Å². The molecule has 2 rings (SSSR count). The van der Waals surface area contributed by atoms with Crippen molar-refractivity contribution in [3.8, 4) is 6.07 Å². The summed E-state index contributed by atoms with van der Waals surface area (Å²) >= 11 is 0. The molecule has 1 aromatic carbocycles. The van der Waals surface area contributed by atoms with E-state index < -0.39 is 5.82 Å². The number of nitrogens with zero attached hydrogens (tertiary/aromatic N) is 2. The molecule has 0 N–H and O–H groups in total. The first-order chi connectivity index (χ1) is 9.11. The number of halogens is 1. The second-order valence-corrected chi connectivity index (χ2v) is 5.67. The second-order valence-electron chi connectivity index (χ2n) is 5.67. The summed E-state index contributed by atoms with van der Waals surface area (Å²) in [6.45, 7) is 3.09. The van der Waals surface area contributed by atoms with Gasteiger partial charge < -0.3 is 0 Å². The van der Waals surface area contributed by atoms with Crippen molar-refractivity contribution in [2.24, 2.45) is 5.92 Å². The second kappa shape index (κ2) is 6.16. The van der Waals surface area contributed by atoms with Gasteiger partial charge in [0, 0.05) is 12.6 Å². The van der Waals surface area contributed by atoms with E-state index in [-0.39, 0.29) is 5.56 Å². The van der Waals surface area contributed by atoms with E-state index in [1.165, 1.54) is 31.7 Å². The maximum atomic E-state index is 13.3. The zero-order valence-corrected chi connectivity index (χ0v) is 11.7. The average Bonchev–Trinajstić information content (AvgIpc) is 2.41. The molecule has 0 heterocycles. The lowest BCUT2D eigenvalue weighted by Gasteiger charge is -2.36. The van der Waals surface area contributed by atoms with Crippen LogP contribution in [0.2, 0.25) is 0 Å². The third-order valence-corrected chi connectivity index (χ3v) is 4.22. The van der Waals surface area contributed by atoms with Crippen LogP contribution < -0.4 is 0 Å². The fourth-order valence-corrected chi connectivity index (χ4v) is 3.11. The van der Waals surface area contributed by atoms with Crippen LogP contribution in [0.5, 0.6) is 0 Å². The van der Waals surface area contributed by atoms with Crippen LogP contribution in [-0.2, 0) is 6.54 Å². The van der Waals surface area contributed by atoms with Gasteiger partial charge >= 0.3 is 0 Å². The highest BCUT2D eigenvalue weighted by Gasteiger charge is 2.24. The summed E-state index contributed by atoms with van der Waals surface area (Å²) in [6.07, 6.45) is 5.17. The molecular formula is C16H21FN2. The van der Waals surface area contributed by atoms with Gasteiger partial charge in [0.15, 0.2) is 0 Å². The Morgan fingerprint density at radius 3 is 2.79 bits per heavy atom. The Morgan fingerprint density at radius 1 is 1.37 bits per heavy atom. The molecule has 0 saturated heterocycles. The van der Waals surface area contributed by atoms with E-state index in [1.54, 1.807) is 12.1 Å². The summed E-state index contributed by atoms with van der Waals surface area (Å²) in [7, 11) is 2.13. The third-order valence-electron chi connectivity index (χ3n) is 4.22. The molecule has 0 aliphatic heterocycles. The highest BCUT2D eigenvalue weighted by atomic mass is 19.1. The smallest absolute Gasteiger partial charge is 0.140 e. The summed E-state index contributed by atoms with van der Waals surface area (Å²) in [5.74, 6) is 0.287. The molecule has 1 aliphatic rings. The number of hydrogen-bond donors (Lipinski definition) is 0. The first-order valence-electron chi connectivity index (χ1n) is 7.00. The molecular weight excluding hydrogens is 239 g/mol. The van der Waals surface area contributed by atoms with E-state index in [2.05, 4.69) is 18.9 Å². The Balaban J connectivity index is 2.06. The molecule has 1 saturated carbocycles. The van der Waals surface area contributed by atoms with Crippen molar-refractivity contribution >= 4 is 0 Å². The lowest BCUT2D eigenvalue weighted by Crippen LogP contribution is -2.38. The number of benzene rings is 1. The molecule has 19 heavy (non-hydrogen) atoms. The molecule has 0 spiro atoms. The average molecular weight is 260 g/mol. The van der Waals surface area contributed by atoms with Crippen molar-refractivity contribution in [2.45, 2.75) is 45.2 Å². The molecule has 0 aromatic heterocycles. The van der Waals surface area contributed by atoms with E-state index >= 15 is 0 Å². The Hall–Kier alpha value is -1.40. The molecule has 0 bridgehead atoms. The van der Waals surface area contributed by atoms with Gasteiger partial charge in [-0.05, 0) is 43.5 Å². The van der Waals surface area contributed by atoms with Crippen LogP contribution in [0.3, 0.4) is 0 Å². The van der Waals surface area contributed by atoms with Gasteiger partial charge in [-0.1, -0.05) is 25.8 Å². The Labute approximate surface area is 114 Å². The number of hydrogen-bond acceptors (Lipinski definition) is 2. The van der Waals surface area contributed by atoms with E-state index in [0.717, 1.165) is 18.0 Å². The van der Waals surface area contributed by atoms with Crippen LogP contribution in [0, 0.1) is 23.1 Å². The minimum Gasteiger partial charge on any atom is -0.299 e. The van der Waals surface area contributed by atoms with Crippen molar-refractivity contribution in [1.29, 1.82) is 5.26 Å². The molecule has 102 valence electrons. The van der Waals surface area contributed by atoms with E-state index in [4.69, 9.17) is 5.26 Å². The third kappa shape index (κ3) is 3.33. The summed E-state index contributed by atoms with van der Waals surface area (Å²) in [5, 5.41) is 8.86. The maximum absolute atomic E-state index is 13.3. The molecule has 3 heteroatoms. The molecule has 1 fully saturated rings. The van der Waals surface area contributed by atoms with Gasteiger partial charge in [-0.3, -0.25) is 4.90 Å². The van der Waals surface area contributed by atoms with Gasteiger partial charge in [0.1, 0.15) is 11.9 Å². The molecule has 2 nitrogen and oxygen atoms in total. The predicted octanol–water partition coefficient (Wildman–Crippen LogP) is 3.71. The van der Waals surface area contributed by atoms with Crippen LogP contribution in [0.25, 0.3) is 0 Å². The maximum Gasteiger partial charge on any atom is 0.140 e. The lowest BCUT2D eigenvalue weighted by molar-refractivity contribution is 0.133. The van der Waals surface area contributed by atoms with E-state index in [1.807, 2.05) is 6.07 Å². The Kier molecular flexibility index (Phi) is 4.55. The standard InChI is InChI=1S/C16H21FN2/c1-12-5-3-4-6-16(12)19(2)11-13-7-8-15(17)14(9-13)10-18/h7-9,12,16H,3-6,11H2,1-2H3. The van der Waals surface area contributed by atoms with E-state index in [0.29, 0.717) is 6.04 Å². The van der Waals surface area contributed by atoms with Crippen molar-refractivity contribution in [3.05, 3.63) is 35.1 Å². The SMILES string of the molecule is CC1CCCCC1N(C)Cc1ccc(F)c(C#N)c1. The van der Waals surface area contributed by atoms with Gasteiger partial charge in [0.05, 0.1) is 5.56 Å². The topological polar surface area (TPSA) is 27.0 Å². The Bertz CT molecular complexity index is 478. The van der Waals surface area contributed by atoms with Gasteiger partial charge in [-0.15, -0.1) is 0 Å². The van der Waals surface area contributed by atoms with Crippen LogP contribution in [0.4, 0.5) is 4.39 Å². The molecule has 2 atom stereocenters. The normalized spacial score (nSPS) is 23.3. The zero-order chi connectivity index (χ0) is 13.8. The predicted molar refractivity (Wildman–Crippen MR) is 74.0 cm³/mol. The van der Waals surface area contributed by atoms with Gasteiger partial charge in [-0.25, -0.2) is 4.39 Å². The quantitative estimate of drug-likeness (QED) is 0.828. The minimum atomic E-state index is -0.431. The molecule has 1 aliphatic carbocycles. The largest absolute Gasteiger partial charge is 0.299 e. The Morgan fingerprint density at radius 2 is 2.11 bits per heavy atom. The van der Waals surface area contributed by atoms with Crippen molar-refractivity contribution < 1.29 is 4.39 Å². The highest BCUT2D eigenvalue weighted by molar-refractivity contribution is 5.34. The highest BCUT2D eigenvalue weighted by Crippen LogP contribution is 2.28. The molecule has 1 aromatic rings. The monoisotopic (exact) mass is 260 g/mol. The van der Waals surface area contributed by atoms with Crippen LogP contribution in [0.15, 0.2) is 18.2 Å². The number of nitriles is 1. The van der Waals surface area contributed by atoms with E-state index in [9.17, 15) is 4.39 Å². The molecule has 2 unspecified atom stereocenters. The summed E-state index contributed by atoms with van der Waals surface area (Å²) in [5.41, 5.74) is 1.15. The zero-order valence-electron chi connectivity index (χ0n) is 11.7. The van der Waals surface area contributed by atoms with Crippen molar-refractivity contribution in [3.63, 3.8) is 0 Å². The fraction of sp³-hybridized carbons (Fsp3) is 0.562. The first kappa shape index (κ1) is 14.0. The minimum absolute atomic E-state index is 0.141. The van der Waals surface area contributed by atoms with Crippen LogP contribution >= 0.6 is 0 Å². The van der Waals surface area contributed by atoms with Gasteiger partial charge in [-0.2, -0.15) is 5.26 Å². The number of rotatable bonds is 3. The fourth-order valence-electron chi connectivity index (χ4n) is 3.11. The van der Waals surface area contributed by atoms with Crippen molar-refractivity contribution in [1.82, 2.24) is 4.90 Å². The summed E-state index contributed by atoms with van der Waals surface area (Å²) < 4.78 is 13.3. The molecule has 0 amide bonds. The van der Waals surface area contributed by atoms with Crippen molar-refractivity contribution in [2.75, 3.05) is 7.05 Å². The van der Waals surface area contributed by atoms with Crippen LogP contribution in [0.1, 0.15) is 43.7 Å². The molecule has 0 radical (unpaired) electrons. The summed E-state index contributed by atoms with van der Waals surface area (Å²) in [4.78, 5) is 2.35. The van der Waals surface area contributed by atoms with Crippen LogP contribution in [-0.4, -0.2) is 18.0 Å².